The van der Waals surface area contributed by atoms with Crippen molar-refractivity contribution >= 4 is 18.3 Å². The van der Waals surface area contributed by atoms with Gasteiger partial charge in [0.1, 0.15) is 11.6 Å². The van der Waals surface area contributed by atoms with Gasteiger partial charge in [-0.15, -0.1) is 12.4 Å². The van der Waals surface area contributed by atoms with Crippen molar-refractivity contribution in [2.75, 3.05) is 19.6 Å². The van der Waals surface area contributed by atoms with Gasteiger partial charge < -0.3 is 10.6 Å². The molecule has 0 spiro atoms. The predicted octanol–water partition coefficient (Wildman–Crippen LogP) is 2.44. The summed E-state index contributed by atoms with van der Waals surface area (Å²) in [6.07, 6.45) is 2.27. The van der Waals surface area contributed by atoms with Crippen LogP contribution in [-0.4, -0.2) is 25.5 Å². The Morgan fingerprint density at radius 2 is 2.00 bits per heavy atom. The molecule has 1 amide bonds. The maximum Gasteiger partial charge on any atom is 0.227 e. The van der Waals surface area contributed by atoms with Gasteiger partial charge in [0.15, 0.2) is 0 Å². The highest BCUT2D eigenvalue weighted by atomic mass is 35.5. The standard InChI is InChI=1S/C15H20F2N2O.ClH/c1-15(4-2-5-18-10-15)14(20)19-6-3-11-7-12(16)9-13(17)8-11;/h7-9,18H,2-6,10H2,1H3,(H,19,20);1H. The lowest BCUT2D eigenvalue weighted by atomic mass is 9.82. The molecule has 3 nitrogen and oxygen atoms in total. The third-order valence-electron chi connectivity index (χ3n) is 3.77. The van der Waals surface area contributed by atoms with Crippen molar-refractivity contribution in [3.8, 4) is 0 Å². The highest BCUT2D eigenvalue weighted by Crippen LogP contribution is 2.25. The van der Waals surface area contributed by atoms with Gasteiger partial charge in [-0.3, -0.25) is 4.79 Å². The smallest absolute Gasteiger partial charge is 0.227 e. The van der Waals surface area contributed by atoms with E-state index in [0.717, 1.165) is 25.5 Å². The van der Waals surface area contributed by atoms with E-state index in [9.17, 15) is 13.6 Å². The molecule has 6 heteroatoms. The molecule has 2 rings (SSSR count). The first-order valence-electron chi connectivity index (χ1n) is 6.94. The molecule has 1 atom stereocenters. The molecule has 1 aromatic rings. The van der Waals surface area contributed by atoms with E-state index in [4.69, 9.17) is 0 Å². The lowest BCUT2D eigenvalue weighted by Crippen LogP contribution is -2.49. The number of nitrogens with one attached hydrogen (secondary N) is 2. The third-order valence-corrected chi connectivity index (χ3v) is 3.77. The molecule has 1 aliphatic rings. The summed E-state index contributed by atoms with van der Waals surface area (Å²) in [5.41, 5.74) is 0.167. The second-order valence-corrected chi connectivity index (χ2v) is 5.62. The maximum atomic E-state index is 13.0. The molecule has 0 bridgehead atoms. The van der Waals surface area contributed by atoms with Gasteiger partial charge >= 0.3 is 0 Å². The second-order valence-electron chi connectivity index (χ2n) is 5.62. The largest absolute Gasteiger partial charge is 0.355 e. The van der Waals surface area contributed by atoms with E-state index in [1.807, 2.05) is 6.92 Å². The molecule has 1 aromatic carbocycles. The van der Waals surface area contributed by atoms with Gasteiger partial charge in [-0.1, -0.05) is 0 Å². The molecule has 1 unspecified atom stereocenters. The van der Waals surface area contributed by atoms with E-state index in [-0.39, 0.29) is 23.7 Å². The highest BCUT2D eigenvalue weighted by Gasteiger charge is 2.34. The average molecular weight is 319 g/mol. The highest BCUT2D eigenvalue weighted by molar-refractivity contribution is 5.85. The maximum absolute atomic E-state index is 13.0. The summed E-state index contributed by atoms with van der Waals surface area (Å²) in [5, 5.41) is 6.08. The van der Waals surface area contributed by atoms with E-state index in [0.29, 0.717) is 25.1 Å². The van der Waals surface area contributed by atoms with Crippen LogP contribution in [0.25, 0.3) is 0 Å². The summed E-state index contributed by atoms with van der Waals surface area (Å²) in [6, 6.07) is 3.43. The molecular formula is C15H21ClF2N2O. The number of hydrogen-bond donors (Lipinski definition) is 2. The van der Waals surface area contributed by atoms with Gasteiger partial charge in [-0.2, -0.15) is 0 Å². The van der Waals surface area contributed by atoms with Gasteiger partial charge in [0.2, 0.25) is 5.91 Å². The number of carbonyl (C=O) groups is 1. The van der Waals surface area contributed by atoms with E-state index in [1.54, 1.807) is 0 Å². The lowest BCUT2D eigenvalue weighted by Gasteiger charge is -2.32. The fourth-order valence-corrected chi connectivity index (χ4v) is 2.54. The molecule has 0 saturated carbocycles. The average Bonchev–Trinajstić information content (AvgIpc) is 2.38. The normalized spacial score (nSPS) is 21.5. The van der Waals surface area contributed by atoms with Crippen molar-refractivity contribution in [1.29, 1.82) is 0 Å². The first-order chi connectivity index (χ1) is 9.49. The van der Waals surface area contributed by atoms with Crippen molar-refractivity contribution in [3.63, 3.8) is 0 Å². The van der Waals surface area contributed by atoms with Crippen LogP contribution in [0.15, 0.2) is 18.2 Å². The summed E-state index contributed by atoms with van der Waals surface area (Å²) >= 11 is 0. The van der Waals surface area contributed by atoms with E-state index in [1.165, 1.54) is 12.1 Å². The van der Waals surface area contributed by atoms with Gasteiger partial charge in [0.05, 0.1) is 5.41 Å². The van der Waals surface area contributed by atoms with Crippen molar-refractivity contribution in [2.24, 2.45) is 5.41 Å². The first-order valence-corrected chi connectivity index (χ1v) is 6.94. The minimum Gasteiger partial charge on any atom is -0.355 e. The van der Waals surface area contributed by atoms with Crippen molar-refractivity contribution in [1.82, 2.24) is 10.6 Å². The Hall–Kier alpha value is -1.20. The topological polar surface area (TPSA) is 41.1 Å². The summed E-state index contributed by atoms with van der Waals surface area (Å²) < 4.78 is 26.1. The Morgan fingerprint density at radius 1 is 1.33 bits per heavy atom. The minimum atomic E-state index is -0.588. The number of hydrogen-bond acceptors (Lipinski definition) is 2. The van der Waals surface area contributed by atoms with E-state index >= 15 is 0 Å². The first kappa shape index (κ1) is 17.9. The molecule has 21 heavy (non-hydrogen) atoms. The van der Waals surface area contributed by atoms with Gasteiger partial charge in [0.25, 0.3) is 0 Å². The number of halogens is 3. The van der Waals surface area contributed by atoms with Crippen LogP contribution >= 0.6 is 12.4 Å². The zero-order valence-electron chi connectivity index (χ0n) is 12.0. The molecule has 1 heterocycles. The van der Waals surface area contributed by atoms with Gasteiger partial charge in [-0.05, 0) is 50.4 Å². The Bertz CT molecular complexity index is 470. The van der Waals surface area contributed by atoms with Gasteiger partial charge in [0, 0.05) is 19.2 Å². The molecule has 1 aliphatic heterocycles. The number of benzene rings is 1. The van der Waals surface area contributed by atoms with Crippen molar-refractivity contribution in [2.45, 2.75) is 26.2 Å². The van der Waals surface area contributed by atoms with Crippen LogP contribution in [0, 0.1) is 17.0 Å². The number of rotatable bonds is 4. The molecular weight excluding hydrogens is 298 g/mol. The second kappa shape index (κ2) is 7.71. The zero-order valence-corrected chi connectivity index (χ0v) is 12.9. The summed E-state index contributed by atoms with van der Waals surface area (Å²) in [4.78, 5) is 12.1. The quantitative estimate of drug-likeness (QED) is 0.895. The third kappa shape index (κ3) is 4.93. The Morgan fingerprint density at radius 3 is 2.57 bits per heavy atom. The summed E-state index contributed by atoms with van der Waals surface area (Å²) in [6.45, 7) is 3.95. The molecule has 118 valence electrons. The van der Waals surface area contributed by atoms with Crippen LogP contribution in [0.2, 0.25) is 0 Å². The van der Waals surface area contributed by atoms with E-state index in [2.05, 4.69) is 10.6 Å². The van der Waals surface area contributed by atoms with Crippen molar-refractivity contribution in [3.05, 3.63) is 35.4 Å². The summed E-state index contributed by atoms with van der Waals surface area (Å²) in [5.74, 6) is -1.17. The predicted molar refractivity (Wildman–Crippen MR) is 80.5 cm³/mol. The zero-order chi connectivity index (χ0) is 14.6. The Kier molecular flexibility index (Phi) is 6.55. The lowest BCUT2D eigenvalue weighted by molar-refractivity contribution is -0.131. The fraction of sp³-hybridized carbons (Fsp3) is 0.533. The monoisotopic (exact) mass is 318 g/mol. The van der Waals surface area contributed by atoms with Crippen LogP contribution in [0.5, 0.6) is 0 Å². The number of amides is 1. The number of piperidine rings is 1. The fourth-order valence-electron chi connectivity index (χ4n) is 2.54. The number of carbonyl (C=O) groups excluding carboxylic acids is 1. The van der Waals surface area contributed by atoms with E-state index < -0.39 is 11.6 Å². The Balaban J connectivity index is 0.00000220. The molecule has 1 fully saturated rings. The molecule has 1 saturated heterocycles. The minimum absolute atomic E-state index is 0. The SMILES string of the molecule is CC1(C(=O)NCCc2cc(F)cc(F)c2)CCCNC1.Cl. The van der Waals surface area contributed by atoms with Gasteiger partial charge in [-0.25, -0.2) is 8.78 Å². The van der Waals surface area contributed by atoms with Crippen LogP contribution in [0.3, 0.4) is 0 Å². The molecule has 0 aromatic heterocycles. The summed E-state index contributed by atoms with van der Waals surface area (Å²) in [7, 11) is 0. The molecule has 2 N–H and O–H groups in total. The van der Waals surface area contributed by atoms with Crippen LogP contribution < -0.4 is 10.6 Å². The molecule has 0 aliphatic carbocycles. The van der Waals surface area contributed by atoms with Crippen LogP contribution in [0.4, 0.5) is 8.78 Å². The Labute approximate surface area is 129 Å². The van der Waals surface area contributed by atoms with Crippen LogP contribution in [-0.2, 0) is 11.2 Å². The van der Waals surface area contributed by atoms with Crippen LogP contribution in [0.1, 0.15) is 25.3 Å². The van der Waals surface area contributed by atoms with Crippen molar-refractivity contribution < 1.29 is 13.6 Å². The molecule has 0 radical (unpaired) electrons.